The number of nitrogens with zero attached hydrogens (tertiary/aromatic N) is 1. The monoisotopic (exact) mass is 160 g/mol. The van der Waals surface area contributed by atoms with E-state index in [4.69, 9.17) is 18.0 Å². The molecule has 0 amide bonds. The van der Waals surface area contributed by atoms with Crippen LogP contribution in [0.1, 0.15) is 19.8 Å². The molecule has 2 N–H and O–H groups in total. The minimum Gasteiger partial charge on any atom is -0.393 e. The molecule has 0 aromatic heterocycles. The largest absolute Gasteiger partial charge is 0.393 e. The zero-order valence-corrected chi connectivity index (χ0v) is 7.58. The van der Waals surface area contributed by atoms with Gasteiger partial charge in [-0.15, -0.1) is 0 Å². The lowest BCUT2D eigenvalue weighted by Crippen LogP contribution is -2.20. The Morgan fingerprint density at radius 1 is 1.60 bits per heavy atom. The minimum absolute atomic E-state index is 0.629. The van der Waals surface area contributed by atoms with E-state index in [1.54, 1.807) is 0 Å². The highest BCUT2D eigenvalue weighted by Gasteiger charge is 1.94. The van der Waals surface area contributed by atoms with E-state index in [1.165, 1.54) is 0 Å². The predicted octanol–water partition coefficient (Wildman–Crippen LogP) is 1.00. The lowest BCUT2D eigenvalue weighted by molar-refractivity contribution is 0.350. The fourth-order valence-electron chi connectivity index (χ4n) is 0.681. The van der Waals surface area contributed by atoms with Gasteiger partial charge in [-0.1, -0.05) is 19.1 Å². The number of hydrogen-bond donors (Lipinski definition) is 1. The molecule has 0 aliphatic heterocycles. The van der Waals surface area contributed by atoms with Crippen LogP contribution in [0.4, 0.5) is 0 Å². The maximum Gasteiger partial charge on any atom is 0.0727 e. The Morgan fingerprint density at radius 2 is 2.20 bits per heavy atom. The number of nitrogens with two attached hydrogens (primary N) is 1. The van der Waals surface area contributed by atoms with Crippen LogP contribution in [0.3, 0.4) is 0 Å². The van der Waals surface area contributed by atoms with Gasteiger partial charge in [0.25, 0.3) is 0 Å². The molecule has 0 saturated carbocycles. The van der Waals surface area contributed by atoms with Gasteiger partial charge >= 0.3 is 0 Å². The topological polar surface area (TPSA) is 29.3 Å². The zero-order chi connectivity index (χ0) is 7.98. The van der Waals surface area contributed by atoms with Gasteiger partial charge in [0.15, 0.2) is 0 Å². The van der Waals surface area contributed by atoms with Gasteiger partial charge < -0.3 is 10.6 Å². The molecule has 60 valence electrons. The summed E-state index contributed by atoms with van der Waals surface area (Å²) in [5.41, 5.74) is 5.33. The fraction of sp³-hybridized carbons (Fsp3) is 0.857. The molecule has 0 aliphatic rings. The van der Waals surface area contributed by atoms with E-state index in [9.17, 15) is 0 Å². The Bertz CT molecular complexity index is 104. The molecule has 0 aromatic rings. The summed E-state index contributed by atoms with van der Waals surface area (Å²) in [5, 5.41) is 0. The lowest BCUT2D eigenvalue weighted by Gasteiger charge is -2.12. The molecule has 0 aliphatic carbocycles. The molecule has 2 nitrogen and oxygen atoms in total. The molecule has 0 rings (SSSR count). The van der Waals surface area contributed by atoms with Gasteiger partial charge in [0.05, 0.1) is 4.99 Å². The van der Waals surface area contributed by atoms with Crippen LogP contribution in [0.15, 0.2) is 0 Å². The van der Waals surface area contributed by atoms with Crippen molar-refractivity contribution in [2.24, 2.45) is 5.73 Å². The second-order valence-electron chi connectivity index (χ2n) is 2.47. The first-order chi connectivity index (χ1) is 4.66. The van der Waals surface area contributed by atoms with Crippen molar-refractivity contribution in [3.05, 3.63) is 0 Å². The van der Waals surface area contributed by atoms with Crippen LogP contribution in [0.5, 0.6) is 0 Å². The number of hydrogen-bond acceptors (Lipinski definition) is 2. The first kappa shape index (κ1) is 9.85. The van der Waals surface area contributed by atoms with E-state index in [-0.39, 0.29) is 0 Å². The van der Waals surface area contributed by atoms with Crippen molar-refractivity contribution in [1.82, 2.24) is 4.90 Å². The van der Waals surface area contributed by atoms with Gasteiger partial charge in [-0.3, -0.25) is 0 Å². The SMILES string of the molecule is CCN(C)CCCC(N)=S. The smallest absolute Gasteiger partial charge is 0.0727 e. The molecule has 10 heavy (non-hydrogen) atoms. The van der Waals surface area contributed by atoms with Crippen LogP contribution < -0.4 is 5.73 Å². The van der Waals surface area contributed by atoms with Crippen LogP contribution in [0, 0.1) is 0 Å². The Kier molecular flexibility index (Phi) is 5.54. The van der Waals surface area contributed by atoms with Gasteiger partial charge in [0.2, 0.25) is 0 Å². The minimum atomic E-state index is 0.629. The van der Waals surface area contributed by atoms with Gasteiger partial charge in [-0.05, 0) is 33.0 Å². The van der Waals surface area contributed by atoms with Gasteiger partial charge in [-0.25, -0.2) is 0 Å². The highest BCUT2D eigenvalue weighted by Crippen LogP contribution is 1.91. The second-order valence-corrected chi connectivity index (χ2v) is 2.99. The van der Waals surface area contributed by atoms with Crippen molar-refractivity contribution in [3.63, 3.8) is 0 Å². The summed E-state index contributed by atoms with van der Waals surface area (Å²) in [6.45, 7) is 4.33. The molecule has 0 heterocycles. The number of rotatable bonds is 5. The van der Waals surface area contributed by atoms with Gasteiger partial charge in [-0.2, -0.15) is 0 Å². The maximum atomic E-state index is 5.33. The summed E-state index contributed by atoms with van der Waals surface area (Å²) >= 11 is 4.74. The van der Waals surface area contributed by atoms with E-state index in [0.29, 0.717) is 4.99 Å². The van der Waals surface area contributed by atoms with E-state index in [1.807, 2.05) is 0 Å². The molecule has 0 atom stereocenters. The molecular weight excluding hydrogens is 144 g/mol. The first-order valence-corrected chi connectivity index (χ1v) is 4.04. The summed E-state index contributed by atoms with van der Waals surface area (Å²) in [6, 6.07) is 0. The zero-order valence-electron chi connectivity index (χ0n) is 6.76. The van der Waals surface area contributed by atoms with Crippen LogP contribution in [0.2, 0.25) is 0 Å². The Labute approximate surface area is 68.4 Å². The molecule has 0 spiro atoms. The third-order valence-electron chi connectivity index (χ3n) is 1.50. The van der Waals surface area contributed by atoms with Gasteiger partial charge in [0, 0.05) is 0 Å². The molecule has 0 bridgehead atoms. The van der Waals surface area contributed by atoms with E-state index in [0.717, 1.165) is 25.9 Å². The van der Waals surface area contributed by atoms with Crippen molar-refractivity contribution in [3.8, 4) is 0 Å². The van der Waals surface area contributed by atoms with Crippen molar-refractivity contribution >= 4 is 17.2 Å². The second kappa shape index (κ2) is 5.62. The molecule has 0 radical (unpaired) electrons. The summed E-state index contributed by atoms with van der Waals surface area (Å²) in [7, 11) is 2.10. The Morgan fingerprint density at radius 3 is 2.60 bits per heavy atom. The molecular formula is C7H16N2S. The highest BCUT2D eigenvalue weighted by atomic mass is 32.1. The van der Waals surface area contributed by atoms with E-state index in [2.05, 4.69) is 18.9 Å². The lowest BCUT2D eigenvalue weighted by atomic mass is 10.3. The van der Waals surface area contributed by atoms with Crippen molar-refractivity contribution in [2.75, 3.05) is 20.1 Å². The quantitative estimate of drug-likeness (QED) is 0.608. The molecule has 3 heteroatoms. The average Bonchev–Trinajstić information content (AvgIpc) is 1.87. The molecule has 0 fully saturated rings. The first-order valence-electron chi connectivity index (χ1n) is 3.63. The van der Waals surface area contributed by atoms with Crippen LogP contribution >= 0.6 is 12.2 Å². The average molecular weight is 160 g/mol. The Balaban J connectivity index is 3.11. The standard InChI is InChI=1S/C7H16N2S/c1-3-9(2)6-4-5-7(8)10/h3-6H2,1-2H3,(H2,8,10). The summed E-state index contributed by atoms with van der Waals surface area (Å²) < 4.78 is 0. The molecule has 0 saturated heterocycles. The predicted molar refractivity (Wildman–Crippen MR) is 49.2 cm³/mol. The van der Waals surface area contributed by atoms with E-state index >= 15 is 0 Å². The van der Waals surface area contributed by atoms with Crippen molar-refractivity contribution < 1.29 is 0 Å². The summed E-state index contributed by atoms with van der Waals surface area (Å²) in [6.07, 6.45) is 1.96. The van der Waals surface area contributed by atoms with Crippen LogP contribution in [0.25, 0.3) is 0 Å². The third-order valence-corrected chi connectivity index (χ3v) is 1.71. The Hall–Kier alpha value is -0.150. The third kappa shape index (κ3) is 5.98. The maximum absolute atomic E-state index is 5.33. The van der Waals surface area contributed by atoms with Crippen molar-refractivity contribution in [2.45, 2.75) is 19.8 Å². The molecule has 0 aromatic carbocycles. The number of thiocarbonyl (C=S) groups is 1. The summed E-state index contributed by atoms with van der Waals surface area (Å²) in [4.78, 5) is 2.88. The normalized spacial score (nSPS) is 10.3. The van der Waals surface area contributed by atoms with Crippen molar-refractivity contribution in [1.29, 1.82) is 0 Å². The summed E-state index contributed by atoms with van der Waals surface area (Å²) in [5.74, 6) is 0. The van der Waals surface area contributed by atoms with Gasteiger partial charge in [0.1, 0.15) is 0 Å². The van der Waals surface area contributed by atoms with Crippen LogP contribution in [-0.2, 0) is 0 Å². The van der Waals surface area contributed by atoms with E-state index < -0.39 is 0 Å². The van der Waals surface area contributed by atoms with Crippen LogP contribution in [-0.4, -0.2) is 30.0 Å². The molecule has 0 unspecified atom stereocenters. The fourth-order valence-corrected chi connectivity index (χ4v) is 0.826. The highest BCUT2D eigenvalue weighted by molar-refractivity contribution is 7.80.